The van der Waals surface area contributed by atoms with Crippen molar-refractivity contribution >= 4 is 23.5 Å². The summed E-state index contributed by atoms with van der Waals surface area (Å²) in [6.07, 6.45) is 3.15. The molecule has 2 aromatic carbocycles. The summed E-state index contributed by atoms with van der Waals surface area (Å²) in [5.41, 5.74) is 3.53. The minimum atomic E-state index is -0.0225. The number of benzene rings is 2. The molecule has 1 aliphatic rings. The highest BCUT2D eigenvalue weighted by atomic mass is 32.2. The first-order chi connectivity index (χ1) is 13.7. The molecule has 0 aliphatic carbocycles. The Balaban J connectivity index is 1.53. The fourth-order valence-corrected chi connectivity index (χ4v) is 4.67. The van der Waals surface area contributed by atoms with Crippen molar-refractivity contribution in [2.45, 2.75) is 38.4 Å². The zero-order valence-electron chi connectivity index (χ0n) is 16.8. The van der Waals surface area contributed by atoms with Crippen LogP contribution in [0.2, 0.25) is 0 Å². The normalized spacial score (nSPS) is 17.1. The van der Waals surface area contributed by atoms with E-state index in [9.17, 15) is 4.79 Å². The third kappa shape index (κ3) is 5.68. The van der Waals surface area contributed by atoms with Gasteiger partial charge in [0.2, 0.25) is 0 Å². The number of carbonyl (C=O) groups excluding carboxylic acids is 1. The summed E-state index contributed by atoms with van der Waals surface area (Å²) in [6.45, 7) is 6.59. The van der Waals surface area contributed by atoms with Crippen molar-refractivity contribution in [3.8, 4) is 5.75 Å². The van der Waals surface area contributed by atoms with Gasteiger partial charge in [-0.05, 0) is 55.2 Å². The Morgan fingerprint density at radius 2 is 1.96 bits per heavy atom. The summed E-state index contributed by atoms with van der Waals surface area (Å²) in [5, 5.41) is 3.48. The number of nitrogens with one attached hydrogen (secondary N) is 1. The molecule has 2 amide bonds. The van der Waals surface area contributed by atoms with Gasteiger partial charge in [-0.2, -0.15) is 11.8 Å². The molecule has 1 saturated heterocycles. The van der Waals surface area contributed by atoms with Crippen LogP contribution in [0.25, 0.3) is 0 Å². The maximum absolute atomic E-state index is 12.7. The summed E-state index contributed by atoms with van der Waals surface area (Å²) >= 11 is 1.95. The lowest BCUT2D eigenvalue weighted by atomic mass is 10.0. The molecular formula is C23H30N2O2S. The van der Waals surface area contributed by atoms with Crippen LogP contribution in [0.5, 0.6) is 5.75 Å². The molecular weight excluding hydrogens is 368 g/mol. The van der Waals surface area contributed by atoms with E-state index in [1.165, 1.54) is 11.1 Å². The Morgan fingerprint density at radius 1 is 1.18 bits per heavy atom. The van der Waals surface area contributed by atoms with E-state index in [1.54, 1.807) is 0 Å². The maximum atomic E-state index is 12.7. The van der Waals surface area contributed by atoms with E-state index in [2.05, 4.69) is 43.4 Å². The molecule has 1 heterocycles. The quantitative estimate of drug-likeness (QED) is 0.617. The molecule has 0 spiro atoms. The van der Waals surface area contributed by atoms with Crippen LogP contribution < -0.4 is 10.1 Å². The van der Waals surface area contributed by atoms with Gasteiger partial charge in [0.15, 0.2) is 0 Å². The smallest absolute Gasteiger partial charge is 0.321 e. The van der Waals surface area contributed by atoms with Crippen molar-refractivity contribution < 1.29 is 9.53 Å². The van der Waals surface area contributed by atoms with Crippen LogP contribution in [0.1, 0.15) is 42.6 Å². The zero-order chi connectivity index (χ0) is 19.8. The average molecular weight is 399 g/mol. The Morgan fingerprint density at radius 3 is 2.71 bits per heavy atom. The van der Waals surface area contributed by atoms with E-state index >= 15 is 0 Å². The van der Waals surface area contributed by atoms with Gasteiger partial charge in [0.25, 0.3) is 0 Å². The van der Waals surface area contributed by atoms with E-state index in [1.807, 2.05) is 40.9 Å². The molecule has 1 aliphatic heterocycles. The number of ether oxygens (including phenoxy) is 1. The number of nitrogens with zero attached hydrogens (tertiary/aromatic N) is 1. The zero-order valence-corrected chi connectivity index (χ0v) is 17.6. The minimum Gasteiger partial charge on any atom is -0.494 e. The van der Waals surface area contributed by atoms with Gasteiger partial charge in [-0.25, -0.2) is 4.79 Å². The Kier molecular flexibility index (Phi) is 7.66. The molecule has 150 valence electrons. The highest BCUT2D eigenvalue weighted by Crippen LogP contribution is 2.36. The molecule has 1 fully saturated rings. The third-order valence-corrected chi connectivity index (χ3v) is 6.35. The highest BCUT2D eigenvalue weighted by molar-refractivity contribution is 7.99. The van der Waals surface area contributed by atoms with Crippen molar-refractivity contribution in [3.05, 3.63) is 59.7 Å². The van der Waals surface area contributed by atoms with Gasteiger partial charge in [-0.1, -0.05) is 37.6 Å². The van der Waals surface area contributed by atoms with Crippen LogP contribution in [0.4, 0.5) is 10.5 Å². The number of carbonyl (C=O) groups is 1. The van der Waals surface area contributed by atoms with Crippen LogP contribution in [0.15, 0.2) is 48.5 Å². The Hall–Kier alpha value is -2.14. The monoisotopic (exact) mass is 398 g/mol. The average Bonchev–Trinajstić information content (AvgIpc) is 2.96. The highest BCUT2D eigenvalue weighted by Gasteiger charge is 2.22. The first-order valence-corrected chi connectivity index (χ1v) is 11.2. The number of hydrogen-bond donors (Lipinski definition) is 1. The molecule has 0 aromatic heterocycles. The lowest BCUT2D eigenvalue weighted by Gasteiger charge is -2.21. The number of aryl methyl sites for hydroxylation is 1. The molecule has 0 saturated carbocycles. The lowest BCUT2D eigenvalue weighted by Crippen LogP contribution is -2.36. The van der Waals surface area contributed by atoms with Gasteiger partial charge in [-0.15, -0.1) is 0 Å². The second kappa shape index (κ2) is 10.4. The number of amides is 2. The van der Waals surface area contributed by atoms with Crippen molar-refractivity contribution in [3.63, 3.8) is 0 Å². The second-order valence-electron chi connectivity index (χ2n) is 7.15. The molecule has 2 aromatic rings. The SMILES string of the molecule is CCCCOc1ccc(NC(=O)N2CCSC(c3ccccc3C)CC2)cc1. The van der Waals surface area contributed by atoms with Crippen LogP contribution in [0, 0.1) is 6.92 Å². The largest absolute Gasteiger partial charge is 0.494 e. The van der Waals surface area contributed by atoms with E-state index in [0.29, 0.717) is 5.25 Å². The van der Waals surface area contributed by atoms with E-state index in [0.717, 1.165) is 56.1 Å². The first-order valence-electron chi connectivity index (χ1n) is 10.1. The first kappa shape index (κ1) is 20.6. The standard InChI is InChI=1S/C23H30N2O2S/c1-3-4-16-27-20-11-9-19(10-12-20)24-23(26)25-14-13-22(28-17-15-25)21-8-6-5-7-18(21)2/h5-12,22H,3-4,13-17H2,1-2H3,(H,24,26). The number of unbranched alkanes of at least 4 members (excludes halogenated alkanes) is 1. The third-order valence-electron chi connectivity index (χ3n) is 5.04. The molecule has 4 nitrogen and oxygen atoms in total. The van der Waals surface area contributed by atoms with Gasteiger partial charge in [0.05, 0.1) is 6.61 Å². The van der Waals surface area contributed by atoms with Gasteiger partial charge >= 0.3 is 6.03 Å². The van der Waals surface area contributed by atoms with E-state index in [4.69, 9.17) is 4.74 Å². The van der Waals surface area contributed by atoms with Crippen molar-refractivity contribution in [1.82, 2.24) is 4.90 Å². The second-order valence-corrected chi connectivity index (χ2v) is 8.46. The number of thioether (sulfide) groups is 1. The van der Waals surface area contributed by atoms with Gasteiger partial charge in [-0.3, -0.25) is 0 Å². The fraction of sp³-hybridized carbons (Fsp3) is 0.435. The molecule has 1 unspecified atom stereocenters. The predicted molar refractivity (Wildman–Crippen MR) is 118 cm³/mol. The summed E-state index contributed by atoms with van der Waals surface area (Å²) in [6, 6.07) is 16.2. The van der Waals surface area contributed by atoms with Crippen molar-refractivity contribution in [1.29, 1.82) is 0 Å². The molecule has 0 radical (unpaired) electrons. The van der Waals surface area contributed by atoms with E-state index < -0.39 is 0 Å². The Labute approximate surface area is 172 Å². The number of rotatable bonds is 6. The summed E-state index contributed by atoms with van der Waals surface area (Å²) in [5.74, 6) is 1.80. The van der Waals surface area contributed by atoms with Gasteiger partial charge in [0, 0.05) is 29.8 Å². The maximum Gasteiger partial charge on any atom is 0.321 e. The molecule has 1 N–H and O–H groups in total. The van der Waals surface area contributed by atoms with E-state index in [-0.39, 0.29) is 6.03 Å². The molecule has 3 rings (SSSR count). The number of hydrogen-bond acceptors (Lipinski definition) is 3. The summed E-state index contributed by atoms with van der Waals surface area (Å²) in [7, 11) is 0. The molecule has 28 heavy (non-hydrogen) atoms. The lowest BCUT2D eigenvalue weighted by molar-refractivity contribution is 0.215. The fourth-order valence-electron chi connectivity index (χ4n) is 3.34. The molecule has 5 heteroatoms. The van der Waals surface area contributed by atoms with Crippen LogP contribution in [-0.2, 0) is 0 Å². The summed E-state index contributed by atoms with van der Waals surface area (Å²) in [4.78, 5) is 14.6. The number of anilines is 1. The van der Waals surface area contributed by atoms with Gasteiger partial charge in [0.1, 0.15) is 5.75 Å². The molecule has 0 bridgehead atoms. The van der Waals surface area contributed by atoms with Crippen LogP contribution in [-0.4, -0.2) is 36.4 Å². The van der Waals surface area contributed by atoms with Crippen LogP contribution in [0.3, 0.4) is 0 Å². The number of urea groups is 1. The predicted octanol–water partition coefficient (Wildman–Crippen LogP) is 5.89. The summed E-state index contributed by atoms with van der Waals surface area (Å²) < 4.78 is 5.68. The van der Waals surface area contributed by atoms with Crippen molar-refractivity contribution in [2.75, 3.05) is 30.8 Å². The topological polar surface area (TPSA) is 41.6 Å². The minimum absolute atomic E-state index is 0.0225. The molecule has 1 atom stereocenters. The van der Waals surface area contributed by atoms with Crippen LogP contribution >= 0.6 is 11.8 Å². The van der Waals surface area contributed by atoms with Crippen molar-refractivity contribution in [2.24, 2.45) is 0 Å². The Bertz CT molecular complexity index is 763. The van der Waals surface area contributed by atoms with Gasteiger partial charge < -0.3 is 15.0 Å².